The predicted molar refractivity (Wildman–Crippen MR) is 109 cm³/mol. The first-order valence-electron chi connectivity index (χ1n) is 8.77. The van der Waals surface area contributed by atoms with E-state index in [9.17, 15) is 8.42 Å². The van der Waals surface area contributed by atoms with Crippen molar-refractivity contribution in [1.82, 2.24) is 9.97 Å². The van der Waals surface area contributed by atoms with E-state index in [1.54, 1.807) is 18.2 Å². The Morgan fingerprint density at radius 3 is 2.86 bits per heavy atom. The zero-order valence-electron chi connectivity index (χ0n) is 15.3. The largest absolute Gasteiger partial charge is 0.493 e. The van der Waals surface area contributed by atoms with E-state index in [4.69, 9.17) is 15.9 Å². The van der Waals surface area contributed by atoms with Crippen molar-refractivity contribution in [3.8, 4) is 5.75 Å². The van der Waals surface area contributed by atoms with E-state index in [1.807, 2.05) is 18.2 Å². The Hall–Kier alpha value is -3.13. The molecule has 4 N–H and O–H groups in total. The number of H-pyrrole nitrogens is 1. The van der Waals surface area contributed by atoms with Crippen molar-refractivity contribution in [3.05, 3.63) is 59.5 Å². The number of aromatic nitrogens is 2. The highest BCUT2D eigenvalue weighted by Gasteiger charge is 2.25. The normalized spacial score (nSPS) is 17.2. The second kappa shape index (κ2) is 6.79. The number of rotatable bonds is 4. The lowest BCUT2D eigenvalue weighted by atomic mass is 9.96. The number of nitrogens with one attached hydrogen (secondary N) is 2. The van der Waals surface area contributed by atoms with Crippen LogP contribution >= 0.6 is 0 Å². The maximum Gasteiger partial charge on any atom is 0.175 e. The smallest absolute Gasteiger partial charge is 0.175 e. The highest BCUT2D eigenvalue weighted by atomic mass is 32.2. The van der Waals surface area contributed by atoms with Crippen molar-refractivity contribution in [2.75, 3.05) is 12.9 Å². The quantitative estimate of drug-likeness (QED) is 0.585. The summed E-state index contributed by atoms with van der Waals surface area (Å²) in [6.07, 6.45) is 4.45. The molecule has 0 saturated heterocycles. The topological polar surface area (TPSA) is 122 Å². The van der Waals surface area contributed by atoms with Crippen LogP contribution in [0.4, 0.5) is 0 Å². The van der Waals surface area contributed by atoms with Gasteiger partial charge >= 0.3 is 0 Å². The molecule has 0 aliphatic carbocycles. The van der Waals surface area contributed by atoms with Gasteiger partial charge in [-0.25, -0.2) is 13.4 Å². The molecule has 2 aromatic carbocycles. The van der Waals surface area contributed by atoms with Gasteiger partial charge in [0.1, 0.15) is 11.6 Å². The Kier molecular flexibility index (Phi) is 4.43. The lowest BCUT2D eigenvalue weighted by Crippen LogP contribution is -2.20. The Morgan fingerprint density at radius 2 is 2.14 bits per heavy atom. The summed E-state index contributed by atoms with van der Waals surface area (Å²) in [4.78, 5) is 8.29. The minimum atomic E-state index is -3.27. The Bertz CT molecular complexity index is 1210. The van der Waals surface area contributed by atoms with Gasteiger partial charge in [-0.2, -0.15) is 0 Å². The highest BCUT2D eigenvalue weighted by Crippen LogP contribution is 2.34. The molecule has 1 aliphatic rings. The first-order valence-corrected chi connectivity index (χ1v) is 10.7. The number of benzene rings is 2. The number of sulfone groups is 1. The second-order valence-corrected chi connectivity index (χ2v) is 8.89. The van der Waals surface area contributed by atoms with Crippen molar-refractivity contribution in [1.29, 1.82) is 5.41 Å². The summed E-state index contributed by atoms with van der Waals surface area (Å²) in [5, 5.41) is 7.44. The van der Waals surface area contributed by atoms with E-state index in [-0.39, 0.29) is 10.8 Å². The average molecular weight is 396 g/mol. The van der Waals surface area contributed by atoms with Crippen LogP contribution in [0, 0.1) is 5.41 Å². The molecule has 1 aliphatic heterocycles. The highest BCUT2D eigenvalue weighted by molar-refractivity contribution is 7.90. The van der Waals surface area contributed by atoms with Crippen LogP contribution in [0.5, 0.6) is 5.75 Å². The fourth-order valence-corrected chi connectivity index (χ4v) is 4.08. The van der Waals surface area contributed by atoms with Crippen LogP contribution in [-0.4, -0.2) is 37.5 Å². The zero-order valence-corrected chi connectivity index (χ0v) is 16.1. The van der Waals surface area contributed by atoms with Gasteiger partial charge in [-0.15, -0.1) is 0 Å². The second-order valence-electron chi connectivity index (χ2n) is 6.87. The van der Waals surface area contributed by atoms with Crippen molar-refractivity contribution in [3.63, 3.8) is 0 Å². The molecule has 1 aromatic heterocycles. The standard InChI is InChI=1S/C20H20N4O3S/c1-28(25,26)16-3-5-19-13(7-16)6-14(11-27-19)20-23-17-4-2-12(8-18(17)24-20)15(9-21)10-22/h2-5,7-10,14,21H,6,11,22H2,1H3,(H,23,24)/b15-10+,21-9?. The van der Waals surface area contributed by atoms with E-state index in [1.165, 1.54) is 18.7 Å². The molecule has 4 rings (SSSR count). The molecule has 0 fully saturated rings. The summed E-state index contributed by atoms with van der Waals surface area (Å²) in [5.41, 5.74) is 9.56. The monoisotopic (exact) mass is 396 g/mol. The number of allylic oxidation sites excluding steroid dienone is 1. The number of hydrogen-bond acceptors (Lipinski definition) is 6. The zero-order chi connectivity index (χ0) is 19.9. The summed E-state index contributed by atoms with van der Waals surface area (Å²) < 4.78 is 29.5. The number of hydrogen-bond donors (Lipinski definition) is 3. The minimum Gasteiger partial charge on any atom is -0.493 e. The van der Waals surface area contributed by atoms with Crippen molar-refractivity contribution < 1.29 is 13.2 Å². The lowest BCUT2D eigenvalue weighted by Gasteiger charge is -2.24. The maximum absolute atomic E-state index is 11.8. The van der Waals surface area contributed by atoms with Gasteiger partial charge in [0.2, 0.25) is 0 Å². The molecule has 0 saturated carbocycles. The molecule has 0 amide bonds. The summed E-state index contributed by atoms with van der Waals surface area (Å²) in [6, 6.07) is 10.6. The summed E-state index contributed by atoms with van der Waals surface area (Å²) in [5.74, 6) is 1.49. The van der Waals surface area contributed by atoms with E-state index in [0.29, 0.717) is 24.4 Å². The van der Waals surface area contributed by atoms with E-state index in [0.717, 1.165) is 28.0 Å². The molecular formula is C20H20N4O3S. The van der Waals surface area contributed by atoms with Crippen LogP contribution in [0.15, 0.2) is 47.5 Å². The molecule has 3 aromatic rings. The Balaban J connectivity index is 1.67. The van der Waals surface area contributed by atoms with Gasteiger partial charge in [0, 0.05) is 24.2 Å². The number of aromatic amines is 1. The molecule has 0 bridgehead atoms. The van der Waals surface area contributed by atoms with Crippen LogP contribution in [0.25, 0.3) is 16.6 Å². The minimum absolute atomic E-state index is 0.00887. The van der Waals surface area contributed by atoms with Gasteiger partial charge in [0.25, 0.3) is 0 Å². The van der Waals surface area contributed by atoms with Gasteiger partial charge in [0.15, 0.2) is 9.84 Å². The maximum atomic E-state index is 11.8. The number of nitrogens with zero attached hydrogens (tertiary/aromatic N) is 1. The number of ether oxygens (including phenoxy) is 1. The number of imidazole rings is 1. The Labute approximate surface area is 162 Å². The molecule has 1 atom stereocenters. The van der Waals surface area contributed by atoms with Crippen molar-refractivity contribution >= 4 is 32.7 Å². The van der Waals surface area contributed by atoms with Crippen molar-refractivity contribution in [2.24, 2.45) is 5.73 Å². The first-order chi connectivity index (χ1) is 13.4. The summed E-state index contributed by atoms with van der Waals surface area (Å²) in [6.45, 7) is 0.465. The van der Waals surface area contributed by atoms with Crippen LogP contribution in [-0.2, 0) is 16.3 Å². The fourth-order valence-electron chi connectivity index (χ4n) is 3.41. The molecule has 2 heterocycles. The Morgan fingerprint density at radius 1 is 1.32 bits per heavy atom. The third kappa shape index (κ3) is 3.27. The summed E-state index contributed by atoms with van der Waals surface area (Å²) in [7, 11) is -3.27. The fraction of sp³-hybridized carbons (Fsp3) is 0.200. The van der Waals surface area contributed by atoms with Gasteiger partial charge in [-0.1, -0.05) is 6.07 Å². The van der Waals surface area contributed by atoms with Crippen LogP contribution in [0.1, 0.15) is 22.9 Å². The molecule has 7 nitrogen and oxygen atoms in total. The third-order valence-electron chi connectivity index (χ3n) is 4.92. The van der Waals surface area contributed by atoms with Gasteiger partial charge in [-0.05, 0) is 47.9 Å². The number of fused-ring (bicyclic) bond motifs is 2. The molecule has 1 unspecified atom stereocenters. The molecule has 144 valence electrons. The first kappa shape index (κ1) is 18.2. The average Bonchev–Trinajstić information content (AvgIpc) is 3.11. The van der Waals surface area contributed by atoms with Crippen LogP contribution in [0.3, 0.4) is 0 Å². The van der Waals surface area contributed by atoms with Gasteiger partial charge in [-0.3, -0.25) is 0 Å². The van der Waals surface area contributed by atoms with Crippen molar-refractivity contribution in [2.45, 2.75) is 17.2 Å². The molecule has 8 heteroatoms. The predicted octanol–water partition coefficient (Wildman–Crippen LogP) is 2.63. The summed E-state index contributed by atoms with van der Waals surface area (Å²) >= 11 is 0. The van der Waals surface area contributed by atoms with Crippen LogP contribution in [0.2, 0.25) is 0 Å². The SMILES string of the molecule is CS(=O)(=O)c1ccc2c(c1)CC(c1nc3ccc(/C(C=N)=C/N)cc3[nH]1)CO2. The van der Waals surface area contributed by atoms with E-state index < -0.39 is 9.84 Å². The third-order valence-corrected chi connectivity index (χ3v) is 6.03. The molecule has 0 radical (unpaired) electrons. The molecular weight excluding hydrogens is 376 g/mol. The van der Waals surface area contributed by atoms with Gasteiger partial charge in [0.05, 0.1) is 28.5 Å². The van der Waals surface area contributed by atoms with Gasteiger partial charge < -0.3 is 20.9 Å². The van der Waals surface area contributed by atoms with E-state index >= 15 is 0 Å². The number of nitrogens with two attached hydrogens (primary N) is 1. The lowest BCUT2D eigenvalue weighted by molar-refractivity contribution is 0.258. The molecule has 0 spiro atoms. The molecule has 28 heavy (non-hydrogen) atoms. The van der Waals surface area contributed by atoms with E-state index in [2.05, 4.69) is 9.97 Å². The van der Waals surface area contributed by atoms with Crippen LogP contribution < -0.4 is 10.5 Å².